The van der Waals surface area contributed by atoms with Crippen molar-refractivity contribution in [3.8, 4) is 0 Å². The molecule has 2 heteroatoms. The van der Waals surface area contributed by atoms with Gasteiger partial charge in [0.05, 0.1) is 6.42 Å². The van der Waals surface area contributed by atoms with Crippen molar-refractivity contribution in [1.29, 1.82) is 0 Å². The van der Waals surface area contributed by atoms with Gasteiger partial charge in [-0.15, -0.1) is 0 Å². The minimum absolute atomic E-state index is 0.232. The van der Waals surface area contributed by atoms with Crippen LogP contribution in [0.4, 0.5) is 0 Å². The van der Waals surface area contributed by atoms with Crippen molar-refractivity contribution in [3.05, 3.63) is 12.2 Å². The number of carboxylic acid groups (broad SMARTS) is 1. The average molecular weight is 194 g/mol. The molecule has 14 heavy (non-hydrogen) atoms. The van der Waals surface area contributed by atoms with Crippen LogP contribution in [0.25, 0.3) is 0 Å². The first-order valence-electron chi connectivity index (χ1n) is 5.32. The molecule has 3 atom stereocenters. The van der Waals surface area contributed by atoms with Crippen molar-refractivity contribution in [3.63, 3.8) is 0 Å². The van der Waals surface area contributed by atoms with Gasteiger partial charge in [-0.05, 0) is 36.0 Å². The Labute approximate surface area is 85.0 Å². The number of aliphatic carboxylic acids is 1. The molecule has 0 aromatic heterocycles. The van der Waals surface area contributed by atoms with E-state index in [4.69, 9.17) is 5.11 Å². The number of allylic oxidation sites excluding steroid dienone is 1. The SMILES string of the molecule is C=C1CC2C(CC1CC(=O)O)C2(C)C. The molecule has 0 aliphatic heterocycles. The number of carboxylic acids is 1. The van der Waals surface area contributed by atoms with Crippen molar-refractivity contribution in [2.75, 3.05) is 0 Å². The molecule has 0 saturated heterocycles. The Morgan fingerprint density at radius 1 is 1.57 bits per heavy atom. The quantitative estimate of drug-likeness (QED) is 0.686. The van der Waals surface area contributed by atoms with E-state index in [-0.39, 0.29) is 12.3 Å². The monoisotopic (exact) mass is 194 g/mol. The molecule has 0 heterocycles. The minimum Gasteiger partial charge on any atom is -0.481 e. The van der Waals surface area contributed by atoms with Gasteiger partial charge in [-0.2, -0.15) is 0 Å². The highest BCUT2D eigenvalue weighted by Gasteiger charge is 2.59. The highest BCUT2D eigenvalue weighted by Crippen LogP contribution is 2.66. The molecule has 0 bridgehead atoms. The normalized spacial score (nSPS) is 39.0. The predicted octanol–water partition coefficient (Wildman–Crippen LogP) is 2.70. The largest absolute Gasteiger partial charge is 0.481 e. The summed E-state index contributed by atoms with van der Waals surface area (Å²) in [4.78, 5) is 10.7. The van der Waals surface area contributed by atoms with Crippen LogP contribution in [0.15, 0.2) is 12.2 Å². The Morgan fingerprint density at radius 3 is 2.79 bits per heavy atom. The van der Waals surface area contributed by atoms with Crippen LogP contribution >= 0.6 is 0 Å². The number of fused-ring (bicyclic) bond motifs is 1. The van der Waals surface area contributed by atoms with E-state index in [1.165, 1.54) is 5.57 Å². The van der Waals surface area contributed by atoms with Gasteiger partial charge in [0.2, 0.25) is 0 Å². The summed E-state index contributed by atoms with van der Waals surface area (Å²) in [5, 5.41) is 8.77. The summed E-state index contributed by atoms with van der Waals surface area (Å²) in [5.74, 6) is 1.07. The fourth-order valence-electron chi connectivity index (χ4n) is 3.09. The molecule has 1 N–H and O–H groups in total. The van der Waals surface area contributed by atoms with Gasteiger partial charge in [0.1, 0.15) is 0 Å². The molecule has 0 amide bonds. The van der Waals surface area contributed by atoms with Crippen LogP contribution in [0.1, 0.15) is 33.1 Å². The maximum Gasteiger partial charge on any atom is 0.303 e. The van der Waals surface area contributed by atoms with Gasteiger partial charge in [0, 0.05) is 0 Å². The maximum atomic E-state index is 10.7. The van der Waals surface area contributed by atoms with Crippen molar-refractivity contribution in [1.82, 2.24) is 0 Å². The summed E-state index contributed by atoms with van der Waals surface area (Å²) in [6.45, 7) is 8.61. The molecular weight excluding hydrogens is 176 g/mol. The summed E-state index contributed by atoms with van der Waals surface area (Å²) >= 11 is 0. The van der Waals surface area contributed by atoms with E-state index >= 15 is 0 Å². The maximum absolute atomic E-state index is 10.7. The molecule has 2 aliphatic rings. The van der Waals surface area contributed by atoms with Crippen LogP contribution in [0.5, 0.6) is 0 Å². The molecule has 2 aliphatic carbocycles. The van der Waals surface area contributed by atoms with Crippen LogP contribution in [0, 0.1) is 23.2 Å². The van der Waals surface area contributed by atoms with E-state index < -0.39 is 5.97 Å². The van der Waals surface area contributed by atoms with Crippen molar-refractivity contribution < 1.29 is 9.90 Å². The molecule has 2 rings (SSSR count). The van der Waals surface area contributed by atoms with Gasteiger partial charge in [0.25, 0.3) is 0 Å². The fraction of sp³-hybridized carbons (Fsp3) is 0.750. The summed E-state index contributed by atoms with van der Waals surface area (Å²) < 4.78 is 0. The first-order chi connectivity index (χ1) is 6.43. The third-order valence-electron chi connectivity index (χ3n) is 4.31. The van der Waals surface area contributed by atoms with Gasteiger partial charge in [-0.3, -0.25) is 4.79 Å². The zero-order valence-corrected chi connectivity index (χ0v) is 8.92. The summed E-state index contributed by atoms with van der Waals surface area (Å²) in [7, 11) is 0. The van der Waals surface area contributed by atoms with Crippen molar-refractivity contribution >= 4 is 5.97 Å². The molecule has 0 aromatic carbocycles. The molecule has 2 nitrogen and oxygen atoms in total. The number of hydrogen-bond acceptors (Lipinski definition) is 1. The summed E-state index contributed by atoms with van der Waals surface area (Å²) in [6, 6.07) is 0. The van der Waals surface area contributed by atoms with Crippen molar-refractivity contribution in [2.45, 2.75) is 33.1 Å². The molecule has 0 radical (unpaired) electrons. The van der Waals surface area contributed by atoms with Gasteiger partial charge < -0.3 is 5.11 Å². The van der Waals surface area contributed by atoms with Gasteiger partial charge in [0.15, 0.2) is 0 Å². The highest BCUT2D eigenvalue weighted by atomic mass is 16.4. The lowest BCUT2D eigenvalue weighted by molar-refractivity contribution is -0.138. The minimum atomic E-state index is -0.687. The molecular formula is C12H18O2. The molecule has 2 saturated carbocycles. The Hall–Kier alpha value is -0.790. The molecule has 3 unspecified atom stereocenters. The van der Waals surface area contributed by atoms with Crippen LogP contribution in [-0.4, -0.2) is 11.1 Å². The standard InChI is InChI=1S/C12H18O2/c1-7-4-9-10(12(9,2)3)5-8(7)6-11(13)14/h8-10H,1,4-6H2,2-3H3,(H,13,14). The second-order valence-electron chi connectivity index (χ2n) is 5.43. The summed E-state index contributed by atoms with van der Waals surface area (Å²) in [5.41, 5.74) is 1.61. The van der Waals surface area contributed by atoms with Gasteiger partial charge >= 0.3 is 5.97 Å². The van der Waals surface area contributed by atoms with E-state index in [1.54, 1.807) is 0 Å². The Bertz CT molecular complexity index is 291. The average Bonchev–Trinajstić information content (AvgIpc) is 2.54. The molecule has 2 fully saturated rings. The van der Waals surface area contributed by atoms with Gasteiger partial charge in [-0.25, -0.2) is 0 Å². The van der Waals surface area contributed by atoms with Crippen LogP contribution in [-0.2, 0) is 4.79 Å². The van der Waals surface area contributed by atoms with Crippen molar-refractivity contribution in [2.24, 2.45) is 23.2 Å². The zero-order valence-electron chi connectivity index (χ0n) is 8.92. The zero-order chi connectivity index (χ0) is 10.5. The van der Waals surface area contributed by atoms with E-state index in [9.17, 15) is 4.79 Å². The van der Waals surface area contributed by atoms with Crippen LogP contribution in [0.3, 0.4) is 0 Å². The number of carbonyl (C=O) groups is 1. The van der Waals surface area contributed by atoms with E-state index in [1.807, 2.05) is 0 Å². The smallest absolute Gasteiger partial charge is 0.303 e. The first kappa shape index (κ1) is 9.75. The van der Waals surface area contributed by atoms with Crippen LogP contribution < -0.4 is 0 Å². The molecule has 78 valence electrons. The second-order valence-corrected chi connectivity index (χ2v) is 5.43. The highest BCUT2D eigenvalue weighted by molar-refractivity contribution is 5.67. The predicted molar refractivity (Wildman–Crippen MR) is 54.9 cm³/mol. The lowest BCUT2D eigenvalue weighted by Crippen LogP contribution is -2.15. The van der Waals surface area contributed by atoms with E-state index in [0.29, 0.717) is 5.41 Å². The second kappa shape index (κ2) is 2.85. The third-order valence-corrected chi connectivity index (χ3v) is 4.31. The molecule has 0 aromatic rings. The topological polar surface area (TPSA) is 37.3 Å². The summed E-state index contributed by atoms with van der Waals surface area (Å²) in [6.07, 6.45) is 2.37. The number of rotatable bonds is 2. The number of hydrogen-bond donors (Lipinski definition) is 1. The van der Waals surface area contributed by atoms with Gasteiger partial charge in [-0.1, -0.05) is 26.0 Å². The van der Waals surface area contributed by atoms with Crippen LogP contribution in [0.2, 0.25) is 0 Å². The third kappa shape index (κ3) is 1.37. The lowest BCUT2D eigenvalue weighted by Gasteiger charge is -2.22. The fourth-order valence-corrected chi connectivity index (χ4v) is 3.09. The molecule has 0 spiro atoms. The van der Waals surface area contributed by atoms with E-state index in [2.05, 4.69) is 20.4 Å². The van der Waals surface area contributed by atoms with E-state index in [0.717, 1.165) is 24.7 Å². The Balaban J connectivity index is 2.03. The first-order valence-corrected chi connectivity index (χ1v) is 5.32. The Morgan fingerprint density at radius 2 is 2.21 bits per heavy atom. The Kier molecular flexibility index (Phi) is 1.98. The lowest BCUT2D eigenvalue weighted by atomic mass is 9.83.